The van der Waals surface area contributed by atoms with Gasteiger partial charge in [-0.2, -0.15) is 13.2 Å². The summed E-state index contributed by atoms with van der Waals surface area (Å²) in [7, 11) is 0. The number of halogens is 6. The number of ether oxygens (including phenoxy) is 2. The molecule has 0 aromatic heterocycles. The standard InChI is InChI=1S/C23H22F6N2O5/c1-14(32)13-30-21(34)19(12-15-2-6-18(7-3-15)36-23(27,28)29)31-20(33)16-4-8-17(9-5-16)35-11-10-22(24,25)26/h2-9,12,14,32H,10-11,13H2,1H3,(H,30,34)(H,31,33)/b19-12+/t14-/m0/s1. The summed E-state index contributed by atoms with van der Waals surface area (Å²) in [6, 6.07) is 9.58. The van der Waals surface area contributed by atoms with Crippen molar-refractivity contribution in [3.63, 3.8) is 0 Å². The maximum Gasteiger partial charge on any atom is 0.573 e. The lowest BCUT2D eigenvalue weighted by Crippen LogP contribution is -2.37. The summed E-state index contributed by atoms with van der Waals surface area (Å²) in [5.41, 5.74) is 0.0115. The summed E-state index contributed by atoms with van der Waals surface area (Å²) in [6.45, 7) is 0.673. The molecule has 0 fully saturated rings. The predicted molar refractivity (Wildman–Crippen MR) is 116 cm³/mol. The Morgan fingerprint density at radius 2 is 1.56 bits per heavy atom. The number of aliphatic hydroxyl groups excluding tert-OH is 1. The van der Waals surface area contributed by atoms with Gasteiger partial charge in [0, 0.05) is 12.1 Å². The Balaban J connectivity index is 2.15. The highest BCUT2D eigenvalue weighted by Gasteiger charge is 2.31. The third kappa shape index (κ3) is 10.7. The van der Waals surface area contributed by atoms with Crippen molar-refractivity contribution in [3.05, 3.63) is 65.4 Å². The number of carbonyl (C=O) groups is 2. The first-order valence-corrected chi connectivity index (χ1v) is 10.4. The van der Waals surface area contributed by atoms with E-state index in [1.807, 2.05) is 0 Å². The van der Waals surface area contributed by atoms with Gasteiger partial charge >= 0.3 is 12.5 Å². The second-order valence-corrected chi connectivity index (χ2v) is 7.43. The fourth-order valence-electron chi connectivity index (χ4n) is 2.61. The highest BCUT2D eigenvalue weighted by Crippen LogP contribution is 2.23. The Hall–Kier alpha value is -3.74. The molecule has 0 aliphatic rings. The summed E-state index contributed by atoms with van der Waals surface area (Å²) in [5, 5.41) is 14.1. The number of amides is 2. The summed E-state index contributed by atoms with van der Waals surface area (Å²) >= 11 is 0. The van der Waals surface area contributed by atoms with Gasteiger partial charge in [-0.1, -0.05) is 12.1 Å². The average molecular weight is 520 g/mol. The van der Waals surface area contributed by atoms with Crippen LogP contribution in [0.2, 0.25) is 0 Å². The van der Waals surface area contributed by atoms with Crippen LogP contribution in [-0.2, 0) is 4.79 Å². The fraction of sp³-hybridized carbons (Fsp3) is 0.304. The predicted octanol–water partition coefficient (Wildman–Crippen LogP) is 4.18. The molecular formula is C23H22F6N2O5. The minimum atomic E-state index is -4.88. The normalized spacial score (nSPS) is 13.1. The Morgan fingerprint density at radius 1 is 0.972 bits per heavy atom. The van der Waals surface area contributed by atoms with Crippen LogP contribution in [0.15, 0.2) is 54.2 Å². The zero-order chi connectivity index (χ0) is 26.9. The van der Waals surface area contributed by atoms with Crippen LogP contribution in [0.4, 0.5) is 26.3 Å². The molecule has 0 aliphatic heterocycles. The van der Waals surface area contributed by atoms with Gasteiger partial charge in [0.15, 0.2) is 0 Å². The van der Waals surface area contributed by atoms with E-state index in [0.717, 1.165) is 12.1 Å². The average Bonchev–Trinajstić information content (AvgIpc) is 2.76. The number of alkyl halides is 6. The van der Waals surface area contributed by atoms with Gasteiger partial charge in [-0.25, -0.2) is 0 Å². The van der Waals surface area contributed by atoms with Crippen LogP contribution >= 0.6 is 0 Å². The SMILES string of the molecule is C[C@H](O)CNC(=O)/C(=C\c1ccc(OC(F)(F)F)cc1)NC(=O)c1ccc(OCCC(F)(F)F)cc1. The number of hydrogen-bond donors (Lipinski definition) is 3. The van der Waals surface area contributed by atoms with Crippen LogP contribution in [0.5, 0.6) is 11.5 Å². The summed E-state index contributed by atoms with van der Waals surface area (Å²) in [5.74, 6) is -1.93. The summed E-state index contributed by atoms with van der Waals surface area (Å²) < 4.78 is 82.4. The van der Waals surface area contributed by atoms with E-state index in [4.69, 9.17) is 4.74 Å². The van der Waals surface area contributed by atoms with Gasteiger partial charge in [0.2, 0.25) is 0 Å². The zero-order valence-electron chi connectivity index (χ0n) is 18.7. The van der Waals surface area contributed by atoms with E-state index in [2.05, 4.69) is 15.4 Å². The van der Waals surface area contributed by atoms with Gasteiger partial charge in [-0.05, 0) is 55.0 Å². The molecule has 1 atom stereocenters. The molecule has 7 nitrogen and oxygen atoms in total. The number of carbonyl (C=O) groups excluding carboxylic acids is 2. The van der Waals surface area contributed by atoms with E-state index in [9.17, 15) is 41.0 Å². The van der Waals surface area contributed by atoms with Crippen molar-refractivity contribution in [2.45, 2.75) is 32.0 Å². The van der Waals surface area contributed by atoms with Gasteiger partial charge < -0.3 is 25.2 Å². The third-order valence-electron chi connectivity index (χ3n) is 4.25. The van der Waals surface area contributed by atoms with Gasteiger partial charge in [-0.15, -0.1) is 13.2 Å². The molecule has 196 valence electrons. The Kier molecular flexibility index (Phi) is 9.73. The minimum absolute atomic E-state index is 0.0429. The minimum Gasteiger partial charge on any atom is -0.493 e. The van der Waals surface area contributed by atoms with Crippen LogP contribution in [0.3, 0.4) is 0 Å². The van der Waals surface area contributed by atoms with Crippen LogP contribution in [-0.4, -0.2) is 48.7 Å². The van der Waals surface area contributed by atoms with Gasteiger partial charge in [-0.3, -0.25) is 9.59 Å². The van der Waals surface area contributed by atoms with E-state index in [0.29, 0.717) is 0 Å². The molecule has 2 amide bonds. The van der Waals surface area contributed by atoms with Crippen molar-refractivity contribution in [3.8, 4) is 11.5 Å². The van der Waals surface area contributed by atoms with E-state index >= 15 is 0 Å². The van der Waals surface area contributed by atoms with Crippen LogP contribution in [0.1, 0.15) is 29.3 Å². The van der Waals surface area contributed by atoms with E-state index in [1.165, 1.54) is 49.4 Å². The lowest BCUT2D eigenvalue weighted by atomic mass is 10.1. The number of rotatable bonds is 10. The maximum absolute atomic E-state index is 12.6. The summed E-state index contributed by atoms with van der Waals surface area (Å²) in [6.07, 6.45) is -10.1. The van der Waals surface area contributed by atoms with E-state index in [-0.39, 0.29) is 29.1 Å². The second-order valence-electron chi connectivity index (χ2n) is 7.43. The van der Waals surface area contributed by atoms with E-state index < -0.39 is 49.2 Å². The van der Waals surface area contributed by atoms with Crippen molar-refractivity contribution in [2.75, 3.05) is 13.2 Å². The molecule has 0 bridgehead atoms. The van der Waals surface area contributed by atoms with Crippen molar-refractivity contribution in [1.82, 2.24) is 10.6 Å². The van der Waals surface area contributed by atoms with Crippen LogP contribution < -0.4 is 20.1 Å². The molecule has 0 spiro atoms. The topological polar surface area (TPSA) is 96.9 Å². The highest BCUT2D eigenvalue weighted by molar-refractivity contribution is 6.05. The lowest BCUT2D eigenvalue weighted by Gasteiger charge is -2.13. The Morgan fingerprint density at radius 3 is 2.08 bits per heavy atom. The molecule has 2 aromatic rings. The number of aliphatic hydroxyl groups is 1. The molecule has 3 N–H and O–H groups in total. The first-order chi connectivity index (χ1) is 16.7. The zero-order valence-corrected chi connectivity index (χ0v) is 18.7. The Bertz CT molecular complexity index is 1050. The molecule has 2 rings (SSSR count). The first-order valence-electron chi connectivity index (χ1n) is 10.4. The van der Waals surface area contributed by atoms with Crippen molar-refractivity contribution >= 4 is 17.9 Å². The first kappa shape index (κ1) is 28.5. The molecule has 0 saturated carbocycles. The second kappa shape index (κ2) is 12.3. The highest BCUT2D eigenvalue weighted by atomic mass is 19.4. The van der Waals surface area contributed by atoms with Crippen molar-refractivity contribution < 1.29 is 50.5 Å². The van der Waals surface area contributed by atoms with Gasteiger partial charge in [0.25, 0.3) is 11.8 Å². The molecule has 36 heavy (non-hydrogen) atoms. The molecule has 0 saturated heterocycles. The molecule has 0 aliphatic carbocycles. The van der Waals surface area contributed by atoms with Gasteiger partial charge in [0.1, 0.15) is 17.2 Å². The van der Waals surface area contributed by atoms with Crippen molar-refractivity contribution in [1.29, 1.82) is 0 Å². The maximum atomic E-state index is 12.6. The smallest absolute Gasteiger partial charge is 0.493 e. The Labute approximate surface area is 201 Å². The number of nitrogens with one attached hydrogen (secondary N) is 2. The number of hydrogen-bond acceptors (Lipinski definition) is 5. The number of benzene rings is 2. The third-order valence-corrected chi connectivity index (χ3v) is 4.25. The molecule has 2 aromatic carbocycles. The van der Waals surface area contributed by atoms with Gasteiger partial charge in [0.05, 0.1) is 19.1 Å². The largest absolute Gasteiger partial charge is 0.573 e. The lowest BCUT2D eigenvalue weighted by molar-refractivity contribution is -0.274. The molecule has 0 heterocycles. The quantitative estimate of drug-likeness (QED) is 0.323. The molecule has 13 heteroatoms. The fourth-order valence-corrected chi connectivity index (χ4v) is 2.61. The molecule has 0 radical (unpaired) electrons. The monoisotopic (exact) mass is 520 g/mol. The van der Waals surface area contributed by atoms with Crippen LogP contribution in [0.25, 0.3) is 6.08 Å². The molecule has 0 unspecified atom stereocenters. The van der Waals surface area contributed by atoms with E-state index in [1.54, 1.807) is 0 Å². The summed E-state index contributed by atoms with van der Waals surface area (Å²) in [4.78, 5) is 25.2. The molecular weight excluding hydrogens is 498 g/mol. The van der Waals surface area contributed by atoms with Crippen LogP contribution in [0, 0.1) is 0 Å². The van der Waals surface area contributed by atoms with Crippen molar-refractivity contribution in [2.24, 2.45) is 0 Å².